The molecule has 96 valence electrons. The Morgan fingerprint density at radius 3 is 2.69 bits per heavy atom. The summed E-state index contributed by atoms with van der Waals surface area (Å²) in [5, 5.41) is 0. The van der Waals surface area contributed by atoms with Crippen molar-refractivity contribution in [3.8, 4) is 0 Å². The van der Waals surface area contributed by atoms with E-state index >= 15 is 0 Å². The minimum Gasteiger partial charge on any atom is -0.327 e. The Labute approximate surface area is 98.7 Å². The van der Waals surface area contributed by atoms with Crippen molar-refractivity contribution in [1.82, 2.24) is 4.90 Å². The average Bonchev–Trinajstić information content (AvgIpc) is 2.18. The van der Waals surface area contributed by atoms with E-state index in [2.05, 4.69) is 11.8 Å². The number of nitrogens with two attached hydrogens (primary N) is 1. The highest BCUT2D eigenvalue weighted by atomic mass is 32.2. The lowest BCUT2D eigenvalue weighted by atomic mass is 9.91. The first-order valence-corrected chi connectivity index (χ1v) is 6.59. The van der Waals surface area contributed by atoms with Gasteiger partial charge in [-0.3, -0.25) is 0 Å². The van der Waals surface area contributed by atoms with Crippen LogP contribution in [-0.2, 0) is 0 Å². The van der Waals surface area contributed by atoms with Gasteiger partial charge in [0.2, 0.25) is 0 Å². The lowest BCUT2D eigenvalue weighted by Gasteiger charge is -2.36. The van der Waals surface area contributed by atoms with Gasteiger partial charge in [-0.25, -0.2) is 0 Å². The number of hydrogen-bond acceptors (Lipinski definition) is 3. The molecule has 1 rings (SSSR count). The smallest absolute Gasteiger partial charge is 0.327 e. The second kappa shape index (κ2) is 6.12. The van der Waals surface area contributed by atoms with E-state index in [1.54, 1.807) is 0 Å². The van der Waals surface area contributed by atoms with Crippen molar-refractivity contribution in [1.29, 1.82) is 0 Å². The molecule has 0 amide bonds. The Hall–Kier alpha value is 0.0600. The van der Waals surface area contributed by atoms with Crippen molar-refractivity contribution in [2.75, 3.05) is 25.4 Å². The lowest BCUT2D eigenvalue weighted by Crippen LogP contribution is -2.47. The number of hydrogen-bond donors (Lipinski definition) is 1. The third kappa shape index (κ3) is 4.93. The molecule has 0 aromatic heterocycles. The van der Waals surface area contributed by atoms with Crippen LogP contribution in [0.4, 0.5) is 13.2 Å². The molecule has 0 bridgehead atoms. The number of likely N-dealkylation sites (tertiary alicyclic amines) is 1. The van der Waals surface area contributed by atoms with Gasteiger partial charge in [0.15, 0.2) is 0 Å². The summed E-state index contributed by atoms with van der Waals surface area (Å²) in [4.78, 5) is 2.09. The summed E-state index contributed by atoms with van der Waals surface area (Å²) in [6.07, 6.45) is 1.90. The molecule has 0 aromatic carbocycles. The van der Waals surface area contributed by atoms with Crippen molar-refractivity contribution in [3.63, 3.8) is 0 Å². The van der Waals surface area contributed by atoms with Crippen LogP contribution in [0.1, 0.15) is 19.8 Å². The normalized spacial score (nSPS) is 28.3. The van der Waals surface area contributed by atoms with Gasteiger partial charge in [-0.05, 0) is 30.6 Å². The van der Waals surface area contributed by atoms with Gasteiger partial charge < -0.3 is 10.6 Å². The molecule has 6 heteroatoms. The van der Waals surface area contributed by atoms with Crippen LogP contribution >= 0.6 is 11.8 Å². The van der Waals surface area contributed by atoms with E-state index in [0.29, 0.717) is 12.5 Å². The molecule has 0 spiro atoms. The summed E-state index contributed by atoms with van der Waals surface area (Å²) >= 11 is 0.0639. The topological polar surface area (TPSA) is 29.3 Å². The predicted molar refractivity (Wildman–Crippen MR) is 61.3 cm³/mol. The molecule has 1 fully saturated rings. The number of thioether (sulfide) groups is 1. The molecule has 1 aliphatic heterocycles. The molecule has 2 nitrogen and oxygen atoms in total. The maximum atomic E-state index is 11.9. The van der Waals surface area contributed by atoms with Crippen LogP contribution in [0.3, 0.4) is 0 Å². The van der Waals surface area contributed by atoms with Crippen molar-refractivity contribution >= 4 is 11.8 Å². The highest BCUT2D eigenvalue weighted by Gasteiger charge is 2.29. The molecule has 0 radical (unpaired) electrons. The standard InChI is InChI=1S/C10H19F3N2S/c1-2-8-7-15(4-3-9(8)14)5-6-16-10(11,12)13/h8-9H,2-7,14H2,1H3. The number of piperidine rings is 1. The third-order valence-electron chi connectivity index (χ3n) is 3.07. The van der Waals surface area contributed by atoms with Crippen LogP contribution in [0.2, 0.25) is 0 Å². The molecule has 0 saturated carbocycles. The molecule has 0 aliphatic carbocycles. The molecule has 1 saturated heterocycles. The van der Waals surface area contributed by atoms with E-state index in [1.807, 2.05) is 0 Å². The molecule has 2 atom stereocenters. The zero-order valence-electron chi connectivity index (χ0n) is 9.46. The van der Waals surface area contributed by atoms with E-state index < -0.39 is 5.51 Å². The summed E-state index contributed by atoms with van der Waals surface area (Å²) in [6, 6.07) is 0.219. The Morgan fingerprint density at radius 2 is 2.12 bits per heavy atom. The summed E-state index contributed by atoms with van der Waals surface area (Å²) in [5.41, 5.74) is 1.84. The lowest BCUT2D eigenvalue weighted by molar-refractivity contribution is -0.0329. The van der Waals surface area contributed by atoms with Crippen LogP contribution in [0, 0.1) is 5.92 Å². The summed E-state index contributed by atoms with van der Waals surface area (Å²) in [6.45, 7) is 4.26. The maximum Gasteiger partial charge on any atom is 0.441 e. The van der Waals surface area contributed by atoms with Crippen molar-refractivity contribution in [2.45, 2.75) is 31.3 Å². The maximum absolute atomic E-state index is 11.9. The van der Waals surface area contributed by atoms with Gasteiger partial charge >= 0.3 is 5.51 Å². The highest BCUT2D eigenvalue weighted by Crippen LogP contribution is 2.30. The van der Waals surface area contributed by atoms with E-state index in [1.165, 1.54) is 0 Å². The van der Waals surface area contributed by atoms with Crippen LogP contribution in [0.15, 0.2) is 0 Å². The van der Waals surface area contributed by atoms with Gasteiger partial charge in [0.05, 0.1) is 0 Å². The summed E-state index contributed by atoms with van der Waals surface area (Å²) in [5.74, 6) is 0.555. The zero-order chi connectivity index (χ0) is 12.2. The van der Waals surface area contributed by atoms with Gasteiger partial charge in [0, 0.05) is 24.9 Å². The first-order chi connectivity index (χ1) is 7.42. The van der Waals surface area contributed by atoms with Gasteiger partial charge in [-0.15, -0.1) is 0 Å². The Balaban J connectivity index is 2.23. The predicted octanol–water partition coefficient (Wildman–Crippen LogP) is 2.30. The van der Waals surface area contributed by atoms with E-state index in [9.17, 15) is 13.2 Å². The average molecular weight is 256 g/mol. The molecule has 2 unspecified atom stereocenters. The number of halogens is 3. The van der Waals surface area contributed by atoms with E-state index in [-0.39, 0.29) is 23.6 Å². The number of alkyl halides is 3. The van der Waals surface area contributed by atoms with Gasteiger partial charge in [-0.2, -0.15) is 13.2 Å². The van der Waals surface area contributed by atoms with Crippen LogP contribution < -0.4 is 5.73 Å². The highest BCUT2D eigenvalue weighted by molar-refractivity contribution is 8.00. The van der Waals surface area contributed by atoms with E-state index in [0.717, 1.165) is 25.9 Å². The largest absolute Gasteiger partial charge is 0.441 e. The number of nitrogens with zero attached hydrogens (tertiary/aromatic N) is 1. The van der Waals surface area contributed by atoms with Gasteiger partial charge in [0.1, 0.15) is 0 Å². The van der Waals surface area contributed by atoms with Crippen LogP contribution in [0.25, 0.3) is 0 Å². The van der Waals surface area contributed by atoms with Gasteiger partial charge in [0.25, 0.3) is 0 Å². The molecule has 16 heavy (non-hydrogen) atoms. The molecule has 2 N–H and O–H groups in total. The fraction of sp³-hybridized carbons (Fsp3) is 1.00. The molecule has 1 heterocycles. The van der Waals surface area contributed by atoms with Crippen LogP contribution in [-0.4, -0.2) is 41.8 Å². The summed E-state index contributed by atoms with van der Waals surface area (Å²) in [7, 11) is 0. The first-order valence-electron chi connectivity index (χ1n) is 5.61. The quantitative estimate of drug-likeness (QED) is 0.837. The molecule has 1 aliphatic rings. The van der Waals surface area contributed by atoms with E-state index in [4.69, 9.17) is 5.73 Å². The second-order valence-corrected chi connectivity index (χ2v) is 5.38. The Bertz CT molecular complexity index is 211. The fourth-order valence-corrected chi connectivity index (χ4v) is 2.63. The second-order valence-electron chi connectivity index (χ2n) is 4.22. The first kappa shape index (κ1) is 14.1. The monoisotopic (exact) mass is 256 g/mol. The number of rotatable bonds is 4. The minimum atomic E-state index is -4.10. The van der Waals surface area contributed by atoms with Crippen molar-refractivity contribution < 1.29 is 13.2 Å². The Morgan fingerprint density at radius 1 is 1.44 bits per heavy atom. The fourth-order valence-electron chi connectivity index (χ4n) is 2.05. The van der Waals surface area contributed by atoms with Crippen molar-refractivity contribution in [3.05, 3.63) is 0 Å². The minimum absolute atomic E-state index is 0.0639. The SMILES string of the molecule is CCC1CN(CCSC(F)(F)F)CCC1N. The Kier molecular flexibility index (Phi) is 5.40. The summed E-state index contributed by atoms with van der Waals surface area (Å²) < 4.78 is 35.8. The van der Waals surface area contributed by atoms with Crippen molar-refractivity contribution in [2.24, 2.45) is 11.7 Å². The van der Waals surface area contributed by atoms with Gasteiger partial charge in [-0.1, -0.05) is 13.3 Å². The molecular formula is C10H19F3N2S. The molecular weight excluding hydrogens is 237 g/mol. The third-order valence-corrected chi connectivity index (χ3v) is 3.79. The van der Waals surface area contributed by atoms with Crippen LogP contribution in [0.5, 0.6) is 0 Å². The molecule has 0 aromatic rings. The zero-order valence-corrected chi connectivity index (χ0v) is 10.3.